The first-order valence-electron chi connectivity index (χ1n) is 9.31. The molecule has 28 heavy (non-hydrogen) atoms. The van der Waals surface area contributed by atoms with E-state index in [1.807, 2.05) is 23.9 Å². The molecule has 7 heteroatoms. The van der Waals surface area contributed by atoms with E-state index in [0.717, 1.165) is 43.2 Å². The molecule has 0 saturated carbocycles. The maximum Gasteiger partial charge on any atom is 0.225 e. The summed E-state index contributed by atoms with van der Waals surface area (Å²) in [6.45, 7) is 2.98. The van der Waals surface area contributed by atoms with Crippen LogP contribution in [0.2, 0.25) is 0 Å². The van der Waals surface area contributed by atoms with Gasteiger partial charge in [-0.1, -0.05) is 30.3 Å². The number of thioether (sulfide) groups is 1. The molecular formula is C21H27Cl2N3OS. The Kier molecular flexibility index (Phi) is 8.96. The fraction of sp³-hybridized carbons (Fsp3) is 0.381. The van der Waals surface area contributed by atoms with E-state index in [0.29, 0.717) is 12.5 Å². The quantitative estimate of drug-likeness (QED) is 0.734. The van der Waals surface area contributed by atoms with E-state index >= 15 is 0 Å². The lowest BCUT2D eigenvalue weighted by Gasteiger charge is -2.22. The van der Waals surface area contributed by atoms with Gasteiger partial charge in [-0.3, -0.25) is 4.79 Å². The van der Waals surface area contributed by atoms with Crippen molar-refractivity contribution in [2.45, 2.75) is 25.4 Å². The van der Waals surface area contributed by atoms with Crippen molar-refractivity contribution in [2.75, 3.05) is 34.8 Å². The highest BCUT2D eigenvalue weighted by molar-refractivity contribution is 7.99. The smallest absolute Gasteiger partial charge is 0.225 e. The fourth-order valence-electron chi connectivity index (χ4n) is 3.67. The third kappa shape index (κ3) is 5.80. The molecule has 2 aliphatic rings. The Bertz CT molecular complexity index is 767. The van der Waals surface area contributed by atoms with Gasteiger partial charge in [-0.05, 0) is 35.7 Å². The standard InChI is InChI=1S/C21H25N3OS.2ClH/c25-21(13-19-15-26-12-10-22-19)23-18-7-5-16(6-8-18)14-24-11-9-17-3-1-2-4-20(17)24;;/h1-8,19,22H,9-15H2,(H,23,25);2*1H. The van der Waals surface area contributed by atoms with Crippen LogP contribution in [0, 0.1) is 0 Å². The average molecular weight is 440 g/mol. The first kappa shape index (κ1) is 22.9. The minimum Gasteiger partial charge on any atom is -0.367 e. The highest BCUT2D eigenvalue weighted by atomic mass is 35.5. The molecule has 2 aromatic rings. The van der Waals surface area contributed by atoms with Crippen LogP contribution >= 0.6 is 36.6 Å². The first-order valence-corrected chi connectivity index (χ1v) is 10.5. The number of fused-ring (bicyclic) bond motifs is 1. The van der Waals surface area contributed by atoms with E-state index in [1.165, 1.54) is 16.8 Å². The topological polar surface area (TPSA) is 44.4 Å². The van der Waals surface area contributed by atoms with Gasteiger partial charge in [0.25, 0.3) is 0 Å². The predicted octanol–water partition coefficient (Wildman–Crippen LogP) is 4.13. The summed E-state index contributed by atoms with van der Waals surface area (Å²) in [4.78, 5) is 14.6. The minimum atomic E-state index is 0. The first-order chi connectivity index (χ1) is 12.8. The molecule has 1 atom stereocenters. The fourth-order valence-corrected chi connectivity index (χ4v) is 4.62. The molecule has 0 aliphatic carbocycles. The number of carbonyl (C=O) groups excluding carboxylic acids is 1. The Labute approximate surface area is 183 Å². The summed E-state index contributed by atoms with van der Waals surface area (Å²) in [5.41, 5.74) is 4.93. The summed E-state index contributed by atoms with van der Waals surface area (Å²) >= 11 is 1.92. The molecule has 0 aromatic heterocycles. The van der Waals surface area contributed by atoms with Gasteiger partial charge in [-0.15, -0.1) is 24.8 Å². The zero-order chi connectivity index (χ0) is 17.8. The van der Waals surface area contributed by atoms with Gasteiger partial charge < -0.3 is 15.5 Å². The molecule has 0 radical (unpaired) electrons. The van der Waals surface area contributed by atoms with E-state index in [4.69, 9.17) is 0 Å². The predicted molar refractivity (Wildman–Crippen MR) is 124 cm³/mol. The molecule has 1 unspecified atom stereocenters. The second kappa shape index (κ2) is 11.0. The highest BCUT2D eigenvalue weighted by Gasteiger charge is 2.19. The lowest BCUT2D eigenvalue weighted by Crippen LogP contribution is -2.39. The van der Waals surface area contributed by atoms with Crippen LogP contribution in [0.15, 0.2) is 48.5 Å². The van der Waals surface area contributed by atoms with Crippen molar-refractivity contribution in [2.24, 2.45) is 0 Å². The molecule has 4 nitrogen and oxygen atoms in total. The Hall–Kier alpha value is -1.40. The van der Waals surface area contributed by atoms with Crippen LogP contribution in [-0.2, 0) is 17.8 Å². The highest BCUT2D eigenvalue weighted by Crippen LogP contribution is 2.29. The van der Waals surface area contributed by atoms with Gasteiger partial charge in [0.2, 0.25) is 5.91 Å². The third-order valence-corrected chi connectivity index (χ3v) is 6.16. The zero-order valence-electron chi connectivity index (χ0n) is 15.7. The minimum absolute atomic E-state index is 0. The van der Waals surface area contributed by atoms with Gasteiger partial charge >= 0.3 is 0 Å². The van der Waals surface area contributed by atoms with Crippen molar-refractivity contribution in [1.29, 1.82) is 0 Å². The second-order valence-electron chi connectivity index (χ2n) is 6.98. The maximum absolute atomic E-state index is 12.2. The Morgan fingerprint density at radius 2 is 1.93 bits per heavy atom. The van der Waals surface area contributed by atoms with Gasteiger partial charge in [-0.25, -0.2) is 0 Å². The van der Waals surface area contributed by atoms with Crippen molar-refractivity contribution >= 4 is 53.9 Å². The molecule has 2 aromatic carbocycles. The summed E-state index contributed by atoms with van der Waals surface area (Å²) in [6, 6.07) is 17.2. The number of carbonyl (C=O) groups is 1. The zero-order valence-corrected chi connectivity index (χ0v) is 18.2. The number of anilines is 2. The van der Waals surface area contributed by atoms with Crippen LogP contribution in [0.1, 0.15) is 17.5 Å². The second-order valence-corrected chi connectivity index (χ2v) is 8.13. The number of halogens is 2. The number of nitrogens with one attached hydrogen (secondary N) is 2. The largest absolute Gasteiger partial charge is 0.367 e. The number of hydrogen-bond donors (Lipinski definition) is 2. The molecule has 1 amide bonds. The van der Waals surface area contributed by atoms with Crippen LogP contribution in [0.5, 0.6) is 0 Å². The van der Waals surface area contributed by atoms with E-state index in [1.54, 1.807) is 0 Å². The Morgan fingerprint density at radius 3 is 2.68 bits per heavy atom. The molecule has 1 saturated heterocycles. The molecule has 0 spiro atoms. The monoisotopic (exact) mass is 439 g/mol. The van der Waals surface area contributed by atoms with Crippen molar-refractivity contribution in [3.05, 3.63) is 59.7 Å². The van der Waals surface area contributed by atoms with Gasteiger partial charge in [0.15, 0.2) is 0 Å². The lowest BCUT2D eigenvalue weighted by molar-refractivity contribution is -0.116. The van der Waals surface area contributed by atoms with Crippen LogP contribution in [0.25, 0.3) is 0 Å². The van der Waals surface area contributed by atoms with Crippen LogP contribution in [0.3, 0.4) is 0 Å². The Balaban J connectivity index is 0.00000140. The lowest BCUT2D eigenvalue weighted by atomic mass is 10.1. The summed E-state index contributed by atoms with van der Waals surface area (Å²) < 4.78 is 0. The molecule has 1 fully saturated rings. The Morgan fingerprint density at radius 1 is 1.14 bits per heavy atom. The molecule has 0 bridgehead atoms. The van der Waals surface area contributed by atoms with Gasteiger partial charge in [0.05, 0.1) is 0 Å². The van der Waals surface area contributed by atoms with Crippen LogP contribution in [-0.4, -0.2) is 36.5 Å². The normalized spacial score (nSPS) is 17.9. The molecule has 4 rings (SSSR count). The molecule has 2 heterocycles. The van der Waals surface area contributed by atoms with Crippen molar-refractivity contribution in [1.82, 2.24) is 5.32 Å². The summed E-state index contributed by atoms with van der Waals surface area (Å²) in [7, 11) is 0. The van der Waals surface area contributed by atoms with Gasteiger partial charge in [-0.2, -0.15) is 11.8 Å². The SMILES string of the molecule is Cl.Cl.O=C(CC1CSCCN1)Nc1ccc(CN2CCc3ccccc32)cc1. The number of hydrogen-bond acceptors (Lipinski definition) is 4. The van der Waals surface area contributed by atoms with E-state index in [9.17, 15) is 4.79 Å². The number of amides is 1. The molecule has 152 valence electrons. The summed E-state index contributed by atoms with van der Waals surface area (Å²) in [5.74, 6) is 2.25. The number of benzene rings is 2. The van der Waals surface area contributed by atoms with Gasteiger partial charge in [0.1, 0.15) is 0 Å². The van der Waals surface area contributed by atoms with E-state index in [2.05, 4.69) is 51.9 Å². The number of para-hydroxylation sites is 1. The van der Waals surface area contributed by atoms with Crippen molar-refractivity contribution < 1.29 is 4.79 Å². The van der Waals surface area contributed by atoms with Crippen LogP contribution in [0.4, 0.5) is 11.4 Å². The van der Waals surface area contributed by atoms with E-state index < -0.39 is 0 Å². The van der Waals surface area contributed by atoms with Gasteiger partial charge in [0, 0.05) is 55.0 Å². The summed E-state index contributed by atoms with van der Waals surface area (Å²) in [5, 5.41) is 6.43. The van der Waals surface area contributed by atoms with Crippen LogP contribution < -0.4 is 15.5 Å². The van der Waals surface area contributed by atoms with E-state index in [-0.39, 0.29) is 30.7 Å². The maximum atomic E-state index is 12.2. The molecule has 2 N–H and O–H groups in total. The summed E-state index contributed by atoms with van der Waals surface area (Å²) in [6.07, 6.45) is 1.66. The van der Waals surface area contributed by atoms with Crippen molar-refractivity contribution in [3.8, 4) is 0 Å². The van der Waals surface area contributed by atoms with Crippen molar-refractivity contribution in [3.63, 3.8) is 0 Å². The number of nitrogens with zero attached hydrogens (tertiary/aromatic N) is 1. The number of rotatable bonds is 5. The third-order valence-electron chi connectivity index (χ3n) is 5.02. The molecule has 2 aliphatic heterocycles. The average Bonchev–Trinajstić information content (AvgIpc) is 3.07. The molecular weight excluding hydrogens is 413 g/mol.